The largest absolute Gasteiger partial charge is 0.481 e. The lowest BCUT2D eigenvalue weighted by Crippen LogP contribution is -2.29. The minimum Gasteiger partial charge on any atom is -0.481 e. The molecule has 1 aliphatic rings. The molecule has 0 aliphatic heterocycles. The number of hydrogen-bond donors (Lipinski definition) is 2. The molecule has 0 saturated heterocycles. The number of carboxylic acids is 1. The van der Waals surface area contributed by atoms with Gasteiger partial charge in [0.2, 0.25) is 5.91 Å². The standard InChI is InChI=1S/C16H16N2O4/c19-15(12-5-2-6-13(12)16(20)21)17-11-4-1-3-10(9-11)14-7-8-22-18-14/h1,3-4,7-9,12-13H,2,5-6H2,(H,17,19)(H,20,21). The second-order valence-electron chi connectivity index (χ2n) is 5.44. The van der Waals surface area contributed by atoms with E-state index in [2.05, 4.69) is 10.5 Å². The maximum Gasteiger partial charge on any atom is 0.307 e. The maximum absolute atomic E-state index is 12.3. The zero-order chi connectivity index (χ0) is 15.5. The molecule has 0 spiro atoms. The molecule has 1 aromatic carbocycles. The Bertz CT molecular complexity index is 681. The Balaban J connectivity index is 1.74. The molecule has 2 atom stereocenters. The van der Waals surface area contributed by atoms with E-state index in [1.54, 1.807) is 18.2 Å². The van der Waals surface area contributed by atoms with Gasteiger partial charge < -0.3 is 14.9 Å². The van der Waals surface area contributed by atoms with Gasteiger partial charge in [-0.15, -0.1) is 0 Å². The number of hydrogen-bond acceptors (Lipinski definition) is 4. The summed E-state index contributed by atoms with van der Waals surface area (Å²) in [6.45, 7) is 0. The number of aliphatic carboxylic acids is 1. The van der Waals surface area contributed by atoms with Crippen molar-refractivity contribution in [3.8, 4) is 11.3 Å². The Morgan fingerprint density at radius 3 is 2.77 bits per heavy atom. The van der Waals surface area contributed by atoms with Crippen LogP contribution in [0, 0.1) is 11.8 Å². The molecule has 1 amide bonds. The van der Waals surface area contributed by atoms with Crippen LogP contribution in [-0.2, 0) is 9.59 Å². The quantitative estimate of drug-likeness (QED) is 0.905. The smallest absolute Gasteiger partial charge is 0.307 e. The van der Waals surface area contributed by atoms with Gasteiger partial charge in [-0.2, -0.15) is 0 Å². The van der Waals surface area contributed by atoms with E-state index >= 15 is 0 Å². The van der Waals surface area contributed by atoms with Crippen molar-refractivity contribution in [3.63, 3.8) is 0 Å². The number of rotatable bonds is 4. The van der Waals surface area contributed by atoms with Crippen LogP contribution in [0.4, 0.5) is 5.69 Å². The Morgan fingerprint density at radius 2 is 2.05 bits per heavy atom. The fourth-order valence-electron chi connectivity index (χ4n) is 2.92. The molecule has 0 radical (unpaired) electrons. The van der Waals surface area contributed by atoms with Crippen molar-refractivity contribution in [1.29, 1.82) is 0 Å². The third-order valence-electron chi connectivity index (χ3n) is 4.03. The average molecular weight is 300 g/mol. The van der Waals surface area contributed by atoms with Crippen molar-refractivity contribution in [2.24, 2.45) is 11.8 Å². The highest BCUT2D eigenvalue weighted by atomic mass is 16.5. The number of nitrogens with zero attached hydrogens (tertiary/aromatic N) is 1. The van der Waals surface area contributed by atoms with Gasteiger partial charge in [0.1, 0.15) is 12.0 Å². The normalized spacial score (nSPS) is 20.7. The minimum atomic E-state index is -0.894. The highest BCUT2D eigenvalue weighted by Crippen LogP contribution is 2.33. The molecule has 22 heavy (non-hydrogen) atoms. The fraction of sp³-hybridized carbons (Fsp3) is 0.312. The summed E-state index contributed by atoms with van der Waals surface area (Å²) in [5, 5.41) is 15.8. The van der Waals surface area contributed by atoms with Gasteiger partial charge in [0, 0.05) is 17.3 Å². The van der Waals surface area contributed by atoms with Crippen molar-refractivity contribution in [3.05, 3.63) is 36.6 Å². The summed E-state index contributed by atoms with van der Waals surface area (Å²) in [6.07, 6.45) is 3.43. The van der Waals surface area contributed by atoms with E-state index in [0.717, 1.165) is 12.0 Å². The lowest BCUT2D eigenvalue weighted by molar-refractivity contribution is -0.145. The van der Waals surface area contributed by atoms with Crippen LogP contribution >= 0.6 is 0 Å². The second kappa shape index (κ2) is 6.01. The van der Waals surface area contributed by atoms with Crippen molar-refractivity contribution in [2.75, 3.05) is 5.32 Å². The molecule has 114 valence electrons. The summed E-state index contributed by atoms with van der Waals surface area (Å²) in [5.74, 6) is -2.18. The average Bonchev–Trinajstić information content (AvgIpc) is 3.19. The third kappa shape index (κ3) is 2.86. The molecule has 2 aromatic rings. The first kappa shape index (κ1) is 14.3. The van der Waals surface area contributed by atoms with Crippen LogP contribution in [-0.4, -0.2) is 22.1 Å². The van der Waals surface area contributed by atoms with Crippen LogP contribution in [0.3, 0.4) is 0 Å². The van der Waals surface area contributed by atoms with Crippen molar-refractivity contribution < 1.29 is 19.2 Å². The maximum atomic E-state index is 12.3. The van der Waals surface area contributed by atoms with Crippen LogP contribution in [0.5, 0.6) is 0 Å². The number of amides is 1. The number of carbonyl (C=O) groups is 2. The molecule has 1 fully saturated rings. The number of aromatic nitrogens is 1. The molecule has 1 saturated carbocycles. The van der Waals surface area contributed by atoms with Crippen molar-refractivity contribution >= 4 is 17.6 Å². The molecule has 3 rings (SSSR count). The third-order valence-corrected chi connectivity index (χ3v) is 4.03. The van der Waals surface area contributed by atoms with E-state index in [9.17, 15) is 9.59 Å². The van der Waals surface area contributed by atoms with E-state index in [1.807, 2.05) is 12.1 Å². The van der Waals surface area contributed by atoms with Gasteiger partial charge in [-0.3, -0.25) is 9.59 Å². The van der Waals surface area contributed by atoms with Crippen molar-refractivity contribution in [1.82, 2.24) is 5.16 Å². The Labute approximate surface area is 127 Å². The summed E-state index contributed by atoms with van der Waals surface area (Å²) in [6, 6.07) is 8.97. The van der Waals surface area contributed by atoms with Gasteiger partial charge >= 0.3 is 5.97 Å². The Morgan fingerprint density at radius 1 is 1.23 bits per heavy atom. The number of carbonyl (C=O) groups excluding carboxylic acids is 1. The minimum absolute atomic E-state index is 0.234. The van der Waals surface area contributed by atoms with Gasteiger partial charge in [0.25, 0.3) is 0 Å². The molecule has 2 N–H and O–H groups in total. The topological polar surface area (TPSA) is 92.4 Å². The summed E-state index contributed by atoms with van der Waals surface area (Å²) in [4.78, 5) is 23.5. The number of carboxylic acid groups (broad SMARTS) is 1. The lowest BCUT2D eigenvalue weighted by atomic mass is 9.95. The zero-order valence-corrected chi connectivity index (χ0v) is 11.9. The fourth-order valence-corrected chi connectivity index (χ4v) is 2.92. The molecular formula is C16H16N2O4. The number of anilines is 1. The zero-order valence-electron chi connectivity index (χ0n) is 11.9. The Hall–Kier alpha value is -2.63. The molecule has 1 aliphatic carbocycles. The number of benzene rings is 1. The van der Waals surface area contributed by atoms with Crippen LogP contribution < -0.4 is 5.32 Å². The Kier molecular flexibility index (Phi) is 3.91. The molecular weight excluding hydrogens is 284 g/mol. The van der Waals surface area contributed by atoms with E-state index < -0.39 is 17.8 Å². The molecule has 0 bridgehead atoms. The van der Waals surface area contributed by atoms with Crippen LogP contribution in [0.2, 0.25) is 0 Å². The van der Waals surface area contributed by atoms with Crippen LogP contribution in [0.1, 0.15) is 19.3 Å². The summed E-state index contributed by atoms with van der Waals surface area (Å²) in [5.41, 5.74) is 2.13. The SMILES string of the molecule is O=C(O)C1CCCC1C(=O)Nc1cccc(-c2ccon2)c1. The molecule has 6 heteroatoms. The molecule has 6 nitrogen and oxygen atoms in total. The first-order chi connectivity index (χ1) is 10.6. The highest BCUT2D eigenvalue weighted by Gasteiger charge is 2.37. The van der Waals surface area contributed by atoms with Gasteiger partial charge in [0.15, 0.2) is 0 Å². The van der Waals surface area contributed by atoms with E-state index in [-0.39, 0.29) is 5.91 Å². The first-order valence-corrected chi connectivity index (χ1v) is 7.19. The molecule has 1 heterocycles. The van der Waals surface area contributed by atoms with Gasteiger partial charge in [-0.05, 0) is 25.0 Å². The monoisotopic (exact) mass is 300 g/mol. The lowest BCUT2D eigenvalue weighted by Gasteiger charge is -2.15. The first-order valence-electron chi connectivity index (χ1n) is 7.19. The van der Waals surface area contributed by atoms with Crippen LogP contribution in [0.15, 0.2) is 41.1 Å². The summed E-state index contributed by atoms with van der Waals surface area (Å²) < 4.78 is 4.81. The van der Waals surface area contributed by atoms with E-state index in [0.29, 0.717) is 24.2 Å². The number of nitrogens with one attached hydrogen (secondary N) is 1. The molecule has 1 aromatic heterocycles. The van der Waals surface area contributed by atoms with Gasteiger partial charge in [-0.25, -0.2) is 0 Å². The van der Waals surface area contributed by atoms with E-state index in [4.69, 9.17) is 9.63 Å². The summed E-state index contributed by atoms with van der Waals surface area (Å²) in [7, 11) is 0. The van der Waals surface area contributed by atoms with Gasteiger partial charge in [0.05, 0.1) is 11.8 Å². The van der Waals surface area contributed by atoms with E-state index in [1.165, 1.54) is 6.26 Å². The second-order valence-corrected chi connectivity index (χ2v) is 5.44. The van der Waals surface area contributed by atoms with Crippen LogP contribution in [0.25, 0.3) is 11.3 Å². The highest BCUT2D eigenvalue weighted by molar-refractivity contribution is 5.95. The van der Waals surface area contributed by atoms with Crippen molar-refractivity contribution in [2.45, 2.75) is 19.3 Å². The summed E-state index contributed by atoms with van der Waals surface area (Å²) >= 11 is 0. The van der Waals surface area contributed by atoms with Gasteiger partial charge in [-0.1, -0.05) is 23.7 Å². The predicted octanol–water partition coefficient (Wildman–Crippen LogP) is 2.78. The predicted molar refractivity (Wildman–Crippen MR) is 79.0 cm³/mol. The molecule has 2 unspecified atom stereocenters.